The van der Waals surface area contributed by atoms with Crippen molar-refractivity contribution in [2.24, 2.45) is 5.16 Å². The number of hydrogen-bond acceptors (Lipinski definition) is 5. The first-order valence-electron chi connectivity index (χ1n) is 9.43. The molecule has 0 unspecified atom stereocenters. The Hall–Kier alpha value is -2.30. The SMILES string of the molecule is CCC/C(=N\OCc1ccc(C)cc1)C1=C(O)CC2(CCCC2)OC1=O. The van der Waals surface area contributed by atoms with Gasteiger partial charge in [-0.3, -0.25) is 0 Å². The maximum Gasteiger partial charge on any atom is 0.344 e. The number of aryl methyl sites for hydroxylation is 1. The van der Waals surface area contributed by atoms with Gasteiger partial charge in [0.1, 0.15) is 23.5 Å². The first-order chi connectivity index (χ1) is 12.5. The van der Waals surface area contributed by atoms with Crippen LogP contribution in [0.4, 0.5) is 0 Å². The van der Waals surface area contributed by atoms with Crippen LogP contribution in [0, 0.1) is 6.92 Å². The molecule has 1 aliphatic carbocycles. The number of rotatable bonds is 6. The molecule has 1 fully saturated rings. The number of nitrogens with zero attached hydrogens (tertiary/aromatic N) is 1. The fourth-order valence-corrected chi connectivity index (χ4v) is 3.70. The van der Waals surface area contributed by atoms with Crippen molar-refractivity contribution in [3.05, 3.63) is 46.7 Å². The molecular weight excluding hydrogens is 330 g/mol. The van der Waals surface area contributed by atoms with E-state index in [-0.39, 0.29) is 11.3 Å². The molecule has 3 rings (SSSR count). The van der Waals surface area contributed by atoms with Crippen molar-refractivity contribution in [1.82, 2.24) is 0 Å². The third kappa shape index (κ3) is 4.09. The molecule has 0 radical (unpaired) electrons. The van der Waals surface area contributed by atoms with Crippen molar-refractivity contribution in [2.45, 2.75) is 71.0 Å². The minimum Gasteiger partial charge on any atom is -0.511 e. The summed E-state index contributed by atoms with van der Waals surface area (Å²) in [6.07, 6.45) is 5.43. The predicted molar refractivity (Wildman–Crippen MR) is 99.9 cm³/mol. The molecule has 1 N–H and O–H groups in total. The lowest BCUT2D eigenvalue weighted by molar-refractivity contribution is -0.157. The van der Waals surface area contributed by atoms with Crippen LogP contribution < -0.4 is 0 Å². The minimum atomic E-state index is -0.509. The second kappa shape index (κ2) is 7.94. The second-order valence-electron chi connectivity index (χ2n) is 7.33. The van der Waals surface area contributed by atoms with Crippen LogP contribution in [0.15, 0.2) is 40.8 Å². The zero-order valence-electron chi connectivity index (χ0n) is 15.6. The highest BCUT2D eigenvalue weighted by molar-refractivity contribution is 6.20. The smallest absolute Gasteiger partial charge is 0.344 e. The monoisotopic (exact) mass is 357 g/mol. The first kappa shape index (κ1) is 18.5. The van der Waals surface area contributed by atoms with E-state index in [1.165, 1.54) is 5.56 Å². The summed E-state index contributed by atoms with van der Waals surface area (Å²) in [4.78, 5) is 18.1. The molecule has 140 valence electrons. The van der Waals surface area contributed by atoms with E-state index in [9.17, 15) is 9.90 Å². The van der Waals surface area contributed by atoms with Crippen molar-refractivity contribution in [3.8, 4) is 0 Å². The highest BCUT2D eigenvalue weighted by atomic mass is 16.6. The molecule has 0 saturated heterocycles. The Labute approximate surface area is 154 Å². The number of aliphatic hydroxyl groups is 1. The Morgan fingerprint density at radius 3 is 2.58 bits per heavy atom. The van der Waals surface area contributed by atoms with Crippen LogP contribution in [0.25, 0.3) is 0 Å². The van der Waals surface area contributed by atoms with Gasteiger partial charge in [-0.15, -0.1) is 0 Å². The molecule has 0 bridgehead atoms. The Kier molecular flexibility index (Phi) is 5.64. The van der Waals surface area contributed by atoms with E-state index in [0.29, 0.717) is 25.2 Å². The predicted octanol–water partition coefficient (Wildman–Crippen LogP) is 4.74. The summed E-state index contributed by atoms with van der Waals surface area (Å²) in [5.41, 5.74) is 2.34. The van der Waals surface area contributed by atoms with E-state index in [0.717, 1.165) is 37.7 Å². The molecule has 1 saturated carbocycles. The number of esters is 1. The molecule has 2 aliphatic rings. The van der Waals surface area contributed by atoms with E-state index >= 15 is 0 Å². The number of carbonyl (C=O) groups excluding carboxylic acids is 1. The normalized spacial score (nSPS) is 19.8. The van der Waals surface area contributed by atoms with Crippen LogP contribution in [0.1, 0.15) is 63.0 Å². The van der Waals surface area contributed by atoms with Crippen LogP contribution in [-0.2, 0) is 21.0 Å². The van der Waals surface area contributed by atoms with Gasteiger partial charge in [0.2, 0.25) is 0 Å². The average molecular weight is 357 g/mol. The summed E-state index contributed by atoms with van der Waals surface area (Å²) in [5, 5.41) is 14.7. The van der Waals surface area contributed by atoms with E-state index in [2.05, 4.69) is 5.16 Å². The quantitative estimate of drug-likeness (QED) is 0.454. The molecule has 1 aromatic rings. The summed E-state index contributed by atoms with van der Waals surface area (Å²) in [6.45, 7) is 4.35. The maximum atomic E-state index is 12.6. The maximum absolute atomic E-state index is 12.6. The Morgan fingerprint density at radius 1 is 1.27 bits per heavy atom. The van der Waals surface area contributed by atoms with Gasteiger partial charge in [-0.2, -0.15) is 0 Å². The van der Waals surface area contributed by atoms with Crippen molar-refractivity contribution in [1.29, 1.82) is 0 Å². The largest absolute Gasteiger partial charge is 0.511 e. The second-order valence-corrected chi connectivity index (χ2v) is 7.33. The van der Waals surface area contributed by atoms with E-state index < -0.39 is 11.6 Å². The molecule has 0 aromatic heterocycles. The number of oxime groups is 1. The number of aliphatic hydroxyl groups excluding tert-OH is 1. The van der Waals surface area contributed by atoms with E-state index in [1.54, 1.807) is 0 Å². The highest BCUT2D eigenvalue weighted by Gasteiger charge is 2.44. The molecule has 0 amide bonds. The first-order valence-corrected chi connectivity index (χ1v) is 9.43. The summed E-state index contributed by atoms with van der Waals surface area (Å²) in [7, 11) is 0. The Morgan fingerprint density at radius 2 is 1.96 bits per heavy atom. The summed E-state index contributed by atoms with van der Waals surface area (Å²) in [6, 6.07) is 8.01. The van der Waals surface area contributed by atoms with E-state index in [4.69, 9.17) is 9.57 Å². The number of benzene rings is 1. The topological polar surface area (TPSA) is 68.1 Å². The molecule has 1 spiro atoms. The van der Waals surface area contributed by atoms with Gasteiger partial charge in [-0.1, -0.05) is 48.3 Å². The van der Waals surface area contributed by atoms with Gasteiger partial charge in [0.05, 0.1) is 5.71 Å². The Bertz CT molecular complexity index is 712. The van der Waals surface area contributed by atoms with Crippen molar-refractivity contribution >= 4 is 11.7 Å². The molecular formula is C21H27NO4. The van der Waals surface area contributed by atoms with Gasteiger partial charge >= 0.3 is 5.97 Å². The van der Waals surface area contributed by atoms with Crippen molar-refractivity contribution < 1.29 is 19.5 Å². The van der Waals surface area contributed by atoms with Crippen LogP contribution in [0.2, 0.25) is 0 Å². The zero-order valence-corrected chi connectivity index (χ0v) is 15.6. The van der Waals surface area contributed by atoms with Crippen LogP contribution in [0.3, 0.4) is 0 Å². The third-order valence-corrected chi connectivity index (χ3v) is 5.11. The number of ether oxygens (including phenoxy) is 1. The van der Waals surface area contributed by atoms with Crippen molar-refractivity contribution in [2.75, 3.05) is 0 Å². The highest BCUT2D eigenvalue weighted by Crippen LogP contribution is 2.42. The lowest BCUT2D eigenvalue weighted by atomic mass is 9.90. The third-order valence-electron chi connectivity index (χ3n) is 5.11. The lowest BCUT2D eigenvalue weighted by Gasteiger charge is -2.33. The zero-order chi connectivity index (χ0) is 18.6. The van der Waals surface area contributed by atoms with Gasteiger partial charge in [-0.05, 0) is 44.6 Å². The van der Waals surface area contributed by atoms with Crippen LogP contribution in [-0.4, -0.2) is 22.4 Å². The average Bonchev–Trinajstić information content (AvgIpc) is 3.03. The van der Waals surface area contributed by atoms with Crippen molar-refractivity contribution in [3.63, 3.8) is 0 Å². The number of hydrogen-bond donors (Lipinski definition) is 1. The summed E-state index contributed by atoms with van der Waals surface area (Å²) >= 11 is 0. The van der Waals surface area contributed by atoms with Crippen LogP contribution in [0.5, 0.6) is 0 Å². The standard InChI is InChI=1S/C21H27NO4/c1-3-6-17(22-25-14-16-9-7-15(2)8-10-16)19-18(23)13-21(26-20(19)24)11-4-5-12-21/h7-10,23H,3-6,11-14H2,1-2H3/b22-17+. The summed E-state index contributed by atoms with van der Waals surface area (Å²) in [5.74, 6) is -0.379. The van der Waals surface area contributed by atoms with Gasteiger partial charge in [0, 0.05) is 6.42 Å². The number of carbonyl (C=O) groups is 1. The minimum absolute atomic E-state index is 0.0919. The molecule has 5 nitrogen and oxygen atoms in total. The molecule has 5 heteroatoms. The molecule has 0 atom stereocenters. The molecule has 1 aromatic carbocycles. The van der Waals surface area contributed by atoms with E-state index in [1.807, 2.05) is 38.1 Å². The molecule has 26 heavy (non-hydrogen) atoms. The fourth-order valence-electron chi connectivity index (χ4n) is 3.70. The van der Waals surface area contributed by atoms with Gasteiger partial charge < -0.3 is 14.7 Å². The molecule has 1 aliphatic heterocycles. The molecule has 1 heterocycles. The lowest BCUT2D eigenvalue weighted by Crippen LogP contribution is -2.39. The summed E-state index contributed by atoms with van der Waals surface area (Å²) < 4.78 is 5.73. The van der Waals surface area contributed by atoms with Gasteiger partial charge in [0.15, 0.2) is 0 Å². The van der Waals surface area contributed by atoms with Gasteiger partial charge in [0.25, 0.3) is 0 Å². The fraction of sp³-hybridized carbons (Fsp3) is 0.524. The van der Waals surface area contributed by atoms with Gasteiger partial charge in [-0.25, -0.2) is 4.79 Å². The Balaban J connectivity index is 1.75. The van der Waals surface area contributed by atoms with Crippen LogP contribution >= 0.6 is 0 Å².